The molecule has 0 bridgehead atoms. The molecule has 3 aromatic rings. The highest BCUT2D eigenvalue weighted by Crippen LogP contribution is 2.24. The molecule has 3 aromatic carbocycles. The summed E-state index contributed by atoms with van der Waals surface area (Å²) in [6.45, 7) is 11.7. The Bertz CT molecular complexity index is 1280. The van der Waals surface area contributed by atoms with Crippen molar-refractivity contribution in [2.75, 3.05) is 4.72 Å². The Labute approximate surface area is 190 Å². The zero-order valence-corrected chi connectivity index (χ0v) is 20.2. The van der Waals surface area contributed by atoms with Crippen LogP contribution in [0.5, 0.6) is 0 Å². The smallest absolute Gasteiger partial charge is 0.262 e. The summed E-state index contributed by atoms with van der Waals surface area (Å²) in [7, 11) is -3.84. The first-order valence-corrected chi connectivity index (χ1v) is 12.0. The number of nitrogens with one attached hydrogen (secondary N) is 2. The minimum absolute atomic E-state index is 0.0849. The van der Waals surface area contributed by atoms with Gasteiger partial charge in [-0.3, -0.25) is 9.52 Å². The monoisotopic (exact) mass is 450 g/mol. The van der Waals surface area contributed by atoms with E-state index in [9.17, 15) is 13.2 Å². The normalized spacial score (nSPS) is 12.3. The zero-order valence-electron chi connectivity index (χ0n) is 19.4. The molecule has 0 aliphatic rings. The van der Waals surface area contributed by atoms with Crippen molar-refractivity contribution in [2.24, 2.45) is 0 Å². The van der Waals surface area contributed by atoms with Gasteiger partial charge in [0.15, 0.2) is 0 Å². The number of sulfonamides is 1. The van der Waals surface area contributed by atoms with E-state index in [0.717, 1.165) is 22.3 Å². The summed E-state index contributed by atoms with van der Waals surface area (Å²) in [5.74, 6) is -0.317. The lowest BCUT2D eigenvalue weighted by Gasteiger charge is -2.19. The van der Waals surface area contributed by atoms with Gasteiger partial charge in [0, 0.05) is 11.3 Å². The molecule has 32 heavy (non-hydrogen) atoms. The number of aryl methyl sites for hydroxylation is 5. The molecule has 0 aromatic heterocycles. The summed E-state index contributed by atoms with van der Waals surface area (Å²) < 4.78 is 28.7. The zero-order chi connectivity index (χ0) is 23.6. The van der Waals surface area contributed by atoms with Gasteiger partial charge in [0.25, 0.3) is 15.9 Å². The van der Waals surface area contributed by atoms with E-state index in [4.69, 9.17) is 0 Å². The van der Waals surface area contributed by atoms with Crippen molar-refractivity contribution in [3.8, 4) is 0 Å². The average molecular weight is 451 g/mol. The van der Waals surface area contributed by atoms with Gasteiger partial charge in [-0.2, -0.15) is 0 Å². The molecule has 2 N–H and O–H groups in total. The first-order chi connectivity index (χ1) is 15.0. The highest BCUT2D eigenvalue weighted by Gasteiger charge is 2.21. The Balaban J connectivity index is 1.86. The van der Waals surface area contributed by atoms with Crippen LogP contribution in [0.1, 0.15) is 56.7 Å². The maximum Gasteiger partial charge on any atom is 0.262 e. The molecule has 0 aliphatic carbocycles. The van der Waals surface area contributed by atoms with E-state index in [-0.39, 0.29) is 16.8 Å². The number of anilines is 1. The van der Waals surface area contributed by atoms with Crippen LogP contribution in [-0.2, 0) is 10.0 Å². The predicted octanol–water partition coefficient (Wildman–Crippen LogP) is 5.52. The lowest BCUT2D eigenvalue weighted by Crippen LogP contribution is -2.27. The Hall–Kier alpha value is -3.12. The third kappa shape index (κ3) is 5.19. The predicted molar refractivity (Wildman–Crippen MR) is 130 cm³/mol. The van der Waals surface area contributed by atoms with Gasteiger partial charge in [-0.1, -0.05) is 30.3 Å². The second-order valence-corrected chi connectivity index (χ2v) is 10.1. The summed E-state index contributed by atoms with van der Waals surface area (Å²) in [5.41, 5.74) is 6.83. The van der Waals surface area contributed by atoms with Gasteiger partial charge >= 0.3 is 0 Å². The van der Waals surface area contributed by atoms with Gasteiger partial charge < -0.3 is 5.32 Å². The largest absolute Gasteiger partial charge is 0.346 e. The molecule has 0 radical (unpaired) electrons. The van der Waals surface area contributed by atoms with Crippen LogP contribution in [0.4, 0.5) is 5.69 Å². The van der Waals surface area contributed by atoms with Gasteiger partial charge in [-0.25, -0.2) is 8.42 Å². The molecular formula is C26H30N2O3S. The quantitative estimate of drug-likeness (QED) is 0.519. The molecular weight excluding hydrogens is 420 g/mol. The van der Waals surface area contributed by atoms with Crippen LogP contribution in [0, 0.1) is 34.6 Å². The molecule has 0 spiro atoms. The summed E-state index contributed by atoms with van der Waals surface area (Å²) in [6, 6.07) is 15.9. The van der Waals surface area contributed by atoms with Gasteiger partial charge in [-0.15, -0.1) is 0 Å². The minimum Gasteiger partial charge on any atom is -0.346 e. The van der Waals surface area contributed by atoms with Crippen LogP contribution >= 0.6 is 0 Å². The maximum absolute atomic E-state index is 13.0. The van der Waals surface area contributed by atoms with Gasteiger partial charge in [0.1, 0.15) is 0 Å². The van der Waals surface area contributed by atoms with E-state index in [2.05, 4.69) is 29.1 Å². The molecule has 1 atom stereocenters. The number of hydrogen-bond acceptors (Lipinski definition) is 3. The molecule has 0 saturated carbocycles. The van der Waals surface area contributed by atoms with Gasteiger partial charge in [0.2, 0.25) is 0 Å². The van der Waals surface area contributed by atoms with E-state index >= 15 is 0 Å². The molecule has 0 heterocycles. The molecule has 168 valence electrons. The van der Waals surface area contributed by atoms with E-state index in [1.165, 1.54) is 11.6 Å². The molecule has 0 aliphatic heterocycles. The Morgan fingerprint density at radius 3 is 2.19 bits per heavy atom. The van der Waals surface area contributed by atoms with Crippen LogP contribution < -0.4 is 10.0 Å². The van der Waals surface area contributed by atoms with Crippen molar-refractivity contribution in [3.63, 3.8) is 0 Å². The Morgan fingerprint density at radius 1 is 0.812 bits per heavy atom. The van der Waals surface area contributed by atoms with E-state index in [1.807, 2.05) is 33.8 Å². The average Bonchev–Trinajstić information content (AvgIpc) is 2.70. The SMILES string of the molecule is Cc1cccc(NS(=O)(=O)c2cc(C(=O)NC(C)c3cc(C)c(C)cc3C)ccc2C)c1. The van der Waals surface area contributed by atoms with E-state index < -0.39 is 10.0 Å². The summed E-state index contributed by atoms with van der Waals surface area (Å²) >= 11 is 0. The number of carbonyl (C=O) groups excluding carboxylic acids is 1. The molecule has 6 heteroatoms. The number of amides is 1. The van der Waals surface area contributed by atoms with Crippen molar-refractivity contribution >= 4 is 21.6 Å². The lowest BCUT2D eigenvalue weighted by molar-refractivity contribution is 0.0939. The summed E-state index contributed by atoms with van der Waals surface area (Å²) in [6.07, 6.45) is 0. The summed E-state index contributed by atoms with van der Waals surface area (Å²) in [5, 5.41) is 3.00. The highest BCUT2D eigenvalue weighted by molar-refractivity contribution is 7.92. The fourth-order valence-electron chi connectivity index (χ4n) is 3.76. The van der Waals surface area contributed by atoms with E-state index in [1.54, 1.807) is 37.3 Å². The standard InChI is InChI=1S/C26H30N2O3S/c1-16-8-7-9-23(12-16)28-32(30,31)25-15-22(11-10-17(25)2)26(29)27-21(6)24-14-19(4)18(3)13-20(24)5/h7-15,21,28H,1-6H3,(H,27,29). The second-order valence-electron chi connectivity index (χ2n) is 8.44. The van der Waals surface area contributed by atoms with Crippen molar-refractivity contribution in [1.29, 1.82) is 0 Å². The Kier molecular flexibility index (Phi) is 6.74. The van der Waals surface area contributed by atoms with Crippen LogP contribution in [0.15, 0.2) is 59.5 Å². The fraction of sp³-hybridized carbons (Fsp3) is 0.269. The van der Waals surface area contributed by atoms with Gasteiger partial charge in [0.05, 0.1) is 10.9 Å². The number of hydrogen-bond donors (Lipinski definition) is 2. The topological polar surface area (TPSA) is 75.3 Å². The molecule has 3 rings (SSSR count). The van der Waals surface area contributed by atoms with Crippen LogP contribution in [0.3, 0.4) is 0 Å². The lowest BCUT2D eigenvalue weighted by atomic mass is 9.96. The number of carbonyl (C=O) groups is 1. The molecule has 5 nitrogen and oxygen atoms in total. The third-order valence-corrected chi connectivity index (χ3v) is 7.23. The van der Waals surface area contributed by atoms with E-state index in [0.29, 0.717) is 16.8 Å². The van der Waals surface area contributed by atoms with Crippen LogP contribution in [0.2, 0.25) is 0 Å². The maximum atomic E-state index is 13.0. The van der Waals surface area contributed by atoms with Crippen LogP contribution in [0.25, 0.3) is 0 Å². The first kappa shape index (κ1) is 23.5. The second kappa shape index (κ2) is 9.17. The Morgan fingerprint density at radius 2 is 1.50 bits per heavy atom. The minimum atomic E-state index is -3.84. The molecule has 0 fully saturated rings. The van der Waals surface area contributed by atoms with Crippen molar-refractivity contribution in [2.45, 2.75) is 52.5 Å². The van der Waals surface area contributed by atoms with Gasteiger partial charge in [-0.05, 0) is 99.2 Å². The van der Waals surface area contributed by atoms with Crippen LogP contribution in [-0.4, -0.2) is 14.3 Å². The first-order valence-electron chi connectivity index (χ1n) is 10.6. The molecule has 0 saturated heterocycles. The molecule has 1 unspecified atom stereocenters. The fourth-order valence-corrected chi connectivity index (χ4v) is 5.08. The third-order valence-electron chi connectivity index (χ3n) is 5.71. The van der Waals surface area contributed by atoms with Crippen molar-refractivity contribution in [1.82, 2.24) is 5.32 Å². The van der Waals surface area contributed by atoms with Crippen molar-refractivity contribution in [3.05, 3.63) is 93.5 Å². The summed E-state index contributed by atoms with van der Waals surface area (Å²) in [4.78, 5) is 13.0. The van der Waals surface area contributed by atoms with Crippen molar-refractivity contribution < 1.29 is 13.2 Å². The number of rotatable bonds is 6. The number of benzene rings is 3. The molecule has 1 amide bonds. The highest BCUT2D eigenvalue weighted by atomic mass is 32.2.